The Labute approximate surface area is 171 Å². The van der Waals surface area contributed by atoms with E-state index in [1.54, 1.807) is 36.7 Å². The third kappa shape index (κ3) is 4.10. The van der Waals surface area contributed by atoms with E-state index in [0.717, 1.165) is 12.0 Å². The maximum Gasteiger partial charge on any atom is 0.243 e. The highest BCUT2D eigenvalue weighted by molar-refractivity contribution is 7.89. The van der Waals surface area contributed by atoms with E-state index in [4.69, 9.17) is 0 Å². The van der Waals surface area contributed by atoms with E-state index < -0.39 is 22.2 Å². The van der Waals surface area contributed by atoms with Gasteiger partial charge in [0.2, 0.25) is 10.0 Å². The number of benzene rings is 2. The second-order valence-corrected chi connectivity index (χ2v) is 9.17. The van der Waals surface area contributed by atoms with Crippen LogP contribution in [-0.4, -0.2) is 35.4 Å². The molecular weight excluding hydrogens is 384 g/mol. The maximum atomic E-state index is 13.4. The molecule has 0 unspecified atom stereocenters. The number of nitrogens with zero attached hydrogens (tertiary/aromatic N) is 2. The summed E-state index contributed by atoms with van der Waals surface area (Å²) < 4.78 is 28.3. The molecule has 1 N–H and O–H groups in total. The molecule has 2 atom stereocenters. The molecule has 2 aromatic carbocycles. The topological polar surface area (TPSA) is 70.5 Å². The number of sulfonamides is 1. The number of pyridine rings is 1. The summed E-state index contributed by atoms with van der Waals surface area (Å²) in [5.74, 6) is 0. The van der Waals surface area contributed by atoms with E-state index in [9.17, 15) is 13.5 Å². The molecule has 4 rings (SSSR count). The number of rotatable bonds is 6. The van der Waals surface area contributed by atoms with Gasteiger partial charge >= 0.3 is 0 Å². The lowest BCUT2D eigenvalue weighted by Crippen LogP contribution is -2.49. The molecule has 0 amide bonds. The van der Waals surface area contributed by atoms with Crippen LogP contribution in [-0.2, 0) is 22.9 Å². The molecule has 1 aromatic heterocycles. The first-order valence-electron chi connectivity index (χ1n) is 9.79. The second kappa shape index (κ2) is 8.45. The fraction of sp³-hybridized carbons (Fsp3) is 0.261. The largest absolute Gasteiger partial charge is 0.387 e. The van der Waals surface area contributed by atoms with E-state index in [-0.39, 0.29) is 4.90 Å². The van der Waals surface area contributed by atoms with Crippen molar-refractivity contribution >= 4 is 10.0 Å². The van der Waals surface area contributed by atoms with Gasteiger partial charge in [0.05, 0.1) is 17.0 Å². The maximum absolute atomic E-state index is 13.4. The van der Waals surface area contributed by atoms with Crippen molar-refractivity contribution in [2.24, 2.45) is 0 Å². The average Bonchev–Trinajstić information content (AvgIpc) is 2.75. The quantitative estimate of drug-likeness (QED) is 0.679. The molecule has 1 aliphatic rings. The Kier molecular flexibility index (Phi) is 5.76. The molecule has 0 saturated heterocycles. The minimum absolute atomic E-state index is 0.207. The van der Waals surface area contributed by atoms with E-state index in [2.05, 4.69) is 4.98 Å². The molecule has 1 aliphatic heterocycles. The van der Waals surface area contributed by atoms with Gasteiger partial charge in [-0.2, -0.15) is 4.31 Å². The first kappa shape index (κ1) is 19.8. The smallest absolute Gasteiger partial charge is 0.243 e. The Hall–Kier alpha value is -2.54. The van der Waals surface area contributed by atoms with Crippen LogP contribution in [0, 0.1) is 0 Å². The summed E-state index contributed by atoms with van der Waals surface area (Å²) in [6, 6.07) is 20.0. The van der Waals surface area contributed by atoms with Crippen LogP contribution in [0.3, 0.4) is 0 Å². The summed E-state index contributed by atoms with van der Waals surface area (Å²) in [5.41, 5.74) is 2.60. The van der Waals surface area contributed by atoms with Crippen LogP contribution < -0.4 is 0 Å². The predicted octanol–water partition coefficient (Wildman–Crippen LogP) is 3.36. The van der Waals surface area contributed by atoms with Gasteiger partial charge in [-0.3, -0.25) is 4.98 Å². The molecule has 0 spiro atoms. The lowest BCUT2D eigenvalue weighted by Gasteiger charge is -2.39. The number of aliphatic hydroxyl groups excluding tert-OH is 1. The van der Waals surface area contributed by atoms with Crippen LogP contribution >= 0.6 is 0 Å². The normalized spacial score (nSPS) is 20.9. The van der Waals surface area contributed by atoms with Crippen molar-refractivity contribution < 1.29 is 13.5 Å². The van der Waals surface area contributed by atoms with Crippen molar-refractivity contribution in [3.8, 4) is 0 Å². The summed E-state index contributed by atoms with van der Waals surface area (Å²) >= 11 is 0. The van der Waals surface area contributed by atoms with Gasteiger partial charge in [-0.1, -0.05) is 48.5 Å². The van der Waals surface area contributed by atoms with Crippen molar-refractivity contribution in [3.63, 3.8) is 0 Å². The average molecular weight is 409 g/mol. The van der Waals surface area contributed by atoms with Gasteiger partial charge in [0.25, 0.3) is 0 Å². The Balaban J connectivity index is 1.64. The predicted molar refractivity (Wildman–Crippen MR) is 112 cm³/mol. The van der Waals surface area contributed by atoms with Gasteiger partial charge < -0.3 is 5.11 Å². The van der Waals surface area contributed by atoms with Crippen LogP contribution in [0.5, 0.6) is 0 Å². The molecule has 0 fully saturated rings. The summed E-state index contributed by atoms with van der Waals surface area (Å²) in [6.07, 6.45) is 4.40. The zero-order valence-corrected chi connectivity index (χ0v) is 16.9. The molecule has 3 aromatic rings. The molecule has 0 bridgehead atoms. The van der Waals surface area contributed by atoms with Crippen LogP contribution in [0.2, 0.25) is 0 Å². The molecule has 0 radical (unpaired) electrons. The number of hydrogen-bond donors (Lipinski definition) is 1. The standard InChI is InChI=1S/C23H24N2O3S/c26-23-20-10-4-5-11-22(20)29(27,28)25(16-6-9-18-7-2-1-3-8-18)21(23)17-19-12-14-24-15-13-19/h1-5,7-8,10-15,21,23,26H,6,9,16-17H2/t21-,23+/m1/s1. The third-order valence-electron chi connectivity index (χ3n) is 5.44. The Morgan fingerprint density at radius 3 is 2.34 bits per heavy atom. The lowest BCUT2D eigenvalue weighted by atomic mass is 9.95. The van der Waals surface area contributed by atoms with Gasteiger partial charge in [-0.05, 0) is 48.6 Å². The fourth-order valence-corrected chi connectivity index (χ4v) is 5.88. The minimum atomic E-state index is -3.68. The van der Waals surface area contributed by atoms with E-state index in [1.165, 1.54) is 9.87 Å². The number of hydrogen-bond acceptors (Lipinski definition) is 4. The Bertz CT molecular complexity index is 1060. The fourth-order valence-electron chi connectivity index (χ4n) is 3.97. The molecule has 6 heteroatoms. The number of aromatic nitrogens is 1. The first-order valence-corrected chi connectivity index (χ1v) is 11.2. The molecular formula is C23H24N2O3S. The van der Waals surface area contributed by atoms with Gasteiger partial charge in [0.15, 0.2) is 0 Å². The molecule has 0 saturated carbocycles. The van der Waals surface area contributed by atoms with Crippen molar-refractivity contribution in [1.82, 2.24) is 9.29 Å². The summed E-state index contributed by atoms with van der Waals surface area (Å²) in [5, 5.41) is 11.1. The first-order chi connectivity index (χ1) is 14.1. The van der Waals surface area contributed by atoms with E-state index >= 15 is 0 Å². The molecule has 29 heavy (non-hydrogen) atoms. The zero-order valence-electron chi connectivity index (χ0n) is 16.1. The van der Waals surface area contributed by atoms with Crippen LogP contribution in [0.1, 0.15) is 29.2 Å². The van der Waals surface area contributed by atoms with E-state index in [0.29, 0.717) is 24.9 Å². The second-order valence-electron chi connectivity index (χ2n) is 7.31. The summed E-state index contributed by atoms with van der Waals surface area (Å²) in [6.45, 7) is 0.359. The van der Waals surface area contributed by atoms with Gasteiger partial charge in [0, 0.05) is 24.5 Å². The van der Waals surface area contributed by atoms with Crippen molar-refractivity contribution in [2.45, 2.75) is 36.3 Å². The highest BCUT2D eigenvalue weighted by atomic mass is 32.2. The number of aryl methyl sites for hydroxylation is 1. The summed E-state index contributed by atoms with van der Waals surface area (Å²) in [7, 11) is -3.68. The molecule has 150 valence electrons. The van der Waals surface area contributed by atoms with Gasteiger partial charge in [0.1, 0.15) is 0 Å². The van der Waals surface area contributed by atoms with Crippen LogP contribution in [0.4, 0.5) is 0 Å². The monoisotopic (exact) mass is 408 g/mol. The summed E-state index contributed by atoms with van der Waals surface area (Å²) in [4.78, 5) is 4.24. The molecule has 5 nitrogen and oxygen atoms in total. The van der Waals surface area contributed by atoms with Crippen molar-refractivity contribution in [1.29, 1.82) is 0 Å². The third-order valence-corrected chi connectivity index (χ3v) is 7.44. The van der Waals surface area contributed by atoms with Crippen molar-refractivity contribution in [2.75, 3.05) is 6.54 Å². The van der Waals surface area contributed by atoms with Gasteiger partial charge in [-0.15, -0.1) is 0 Å². The SMILES string of the molecule is O=S1(=O)c2ccccc2[C@H](O)[C@@H](Cc2ccncc2)N1CCCc1ccccc1. The Morgan fingerprint density at radius 1 is 0.897 bits per heavy atom. The van der Waals surface area contributed by atoms with E-state index in [1.807, 2.05) is 42.5 Å². The lowest BCUT2D eigenvalue weighted by molar-refractivity contribution is 0.0792. The number of aliphatic hydroxyl groups is 1. The molecule has 0 aliphatic carbocycles. The Morgan fingerprint density at radius 2 is 1.59 bits per heavy atom. The van der Waals surface area contributed by atoms with Gasteiger partial charge in [-0.25, -0.2) is 8.42 Å². The minimum Gasteiger partial charge on any atom is -0.387 e. The highest BCUT2D eigenvalue weighted by Crippen LogP contribution is 2.38. The number of fused-ring (bicyclic) bond motifs is 1. The highest BCUT2D eigenvalue weighted by Gasteiger charge is 2.43. The molecule has 2 heterocycles. The van der Waals surface area contributed by atoms with Crippen LogP contribution in [0.25, 0.3) is 0 Å². The zero-order chi connectivity index (χ0) is 20.3. The van der Waals surface area contributed by atoms with Crippen LogP contribution in [0.15, 0.2) is 84.0 Å². The van der Waals surface area contributed by atoms with Crippen molar-refractivity contribution in [3.05, 3.63) is 95.8 Å².